The predicted octanol–water partition coefficient (Wildman–Crippen LogP) is 0.808. The Morgan fingerprint density at radius 1 is 1.36 bits per heavy atom. The topological polar surface area (TPSA) is 63.3 Å². The van der Waals surface area contributed by atoms with E-state index in [0.717, 1.165) is 6.61 Å². The van der Waals surface area contributed by atoms with Crippen molar-refractivity contribution in [1.82, 2.24) is 0 Å². The summed E-state index contributed by atoms with van der Waals surface area (Å²) in [5.41, 5.74) is 0. The van der Waals surface area contributed by atoms with Crippen LogP contribution in [0.15, 0.2) is 0 Å². The van der Waals surface area contributed by atoms with Crippen molar-refractivity contribution in [2.75, 3.05) is 12.9 Å². The number of hydrogen-bond acceptors (Lipinski definition) is 3. The summed E-state index contributed by atoms with van der Waals surface area (Å²) in [5.74, 6) is 0. The molecule has 0 N–H and O–H groups in total. The first-order valence-electron chi connectivity index (χ1n) is 3.29. The van der Waals surface area contributed by atoms with Gasteiger partial charge in [0.2, 0.25) is 0 Å². The molecule has 4 nitrogen and oxygen atoms in total. The molecule has 1 radical (unpaired) electrons. The van der Waals surface area contributed by atoms with Crippen LogP contribution in [-0.4, -0.2) is 27.4 Å². The van der Waals surface area contributed by atoms with Gasteiger partial charge in [-0.05, 0) is 20.8 Å². The smallest absolute Gasteiger partial charge is 0.291 e. The standard InChI is InChI=1S/C5H12O.CH3O3S/c1-4-6-5(2)3;1-5(2,3)4/h5H,4H2,1-3H3;1H3. The van der Waals surface area contributed by atoms with E-state index in [-0.39, 0.29) is 0 Å². The average molecular weight is 183 g/mol. The van der Waals surface area contributed by atoms with E-state index in [1.54, 1.807) is 0 Å². The zero-order chi connectivity index (χ0) is 9.49. The molecule has 5 heteroatoms. The Morgan fingerprint density at radius 3 is 1.64 bits per heavy atom. The second-order valence-corrected chi connectivity index (χ2v) is 3.62. The quantitative estimate of drug-likeness (QED) is 0.636. The highest BCUT2D eigenvalue weighted by atomic mass is 32.2. The molecule has 69 valence electrons. The van der Waals surface area contributed by atoms with E-state index in [9.17, 15) is 0 Å². The van der Waals surface area contributed by atoms with Crippen LogP contribution in [0.2, 0.25) is 0 Å². The number of hydrogen-bond donors (Lipinski definition) is 0. The Kier molecular flexibility index (Phi) is 8.04. The molecule has 0 aliphatic rings. The maximum absolute atomic E-state index is 9.08. The van der Waals surface area contributed by atoms with Crippen LogP contribution >= 0.6 is 0 Å². The van der Waals surface area contributed by atoms with E-state index >= 15 is 0 Å². The van der Waals surface area contributed by atoms with Crippen molar-refractivity contribution in [3.63, 3.8) is 0 Å². The second-order valence-electron chi connectivity index (χ2n) is 2.21. The summed E-state index contributed by atoms with van der Waals surface area (Å²) in [7, 11) is -3.92. The van der Waals surface area contributed by atoms with E-state index in [4.69, 9.17) is 17.7 Å². The largest absolute Gasteiger partial charge is 0.379 e. The molecule has 0 spiro atoms. The first-order chi connectivity index (χ1) is 4.77. The molecule has 0 saturated carbocycles. The third-order valence-electron chi connectivity index (χ3n) is 0.500. The molecule has 0 aliphatic carbocycles. The molecular weight excluding hydrogens is 168 g/mol. The molecule has 11 heavy (non-hydrogen) atoms. The fourth-order valence-corrected chi connectivity index (χ4v) is 0.333. The van der Waals surface area contributed by atoms with Gasteiger partial charge in [0, 0.05) is 6.61 Å². The maximum atomic E-state index is 9.08. The molecule has 0 unspecified atom stereocenters. The van der Waals surface area contributed by atoms with Crippen LogP contribution in [0.25, 0.3) is 0 Å². The minimum absolute atomic E-state index is 0.398. The summed E-state index contributed by atoms with van der Waals surface area (Å²) in [5, 5.41) is 0. The molecular formula is C6H15O4S. The molecule has 0 bridgehead atoms. The van der Waals surface area contributed by atoms with E-state index in [2.05, 4.69) is 0 Å². The zero-order valence-electron chi connectivity index (χ0n) is 7.33. The predicted molar refractivity (Wildman–Crippen MR) is 42.3 cm³/mol. The minimum atomic E-state index is -3.92. The Morgan fingerprint density at radius 2 is 1.64 bits per heavy atom. The molecule has 0 atom stereocenters. The van der Waals surface area contributed by atoms with Gasteiger partial charge in [0.05, 0.1) is 12.4 Å². The lowest BCUT2D eigenvalue weighted by molar-refractivity contribution is 0.0899. The van der Waals surface area contributed by atoms with Crippen molar-refractivity contribution in [3.8, 4) is 0 Å². The fourth-order valence-electron chi connectivity index (χ4n) is 0.333. The highest BCUT2D eigenvalue weighted by Crippen LogP contribution is 1.83. The van der Waals surface area contributed by atoms with Crippen LogP contribution in [0.4, 0.5) is 0 Å². The van der Waals surface area contributed by atoms with Gasteiger partial charge in [0.1, 0.15) is 0 Å². The van der Waals surface area contributed by atoms with Gasteiger partial charge in [-0.15, -0.1) is 0 Å². The van der Waals surface area contributed by atoms with Crippen LogP contribution < -0.4 is 0 Å². The molecule has 0 rings (SSSR count). The Balaban J connectivity index is 0. The number of rotatable bonds is 2. The van der Waals surface area contributed by atoms with Gasteiger partial charge in [-0.1, -0.05) is 4.55 Å². The first kappa shape index (κ1) is 13.5. The van der Waals surface area contributed by atoms with Crippen LogP contribution in [-0.2, 0) is 19.4 Å². The van der Waals surface area contributed by atoms with E-state index in [1.807, 2.05) is 20.8 Å². The lowest BCUT2D eigenvalue weighted by Crippen LogP contribution is -1.99. The van der Waals surface area contributed by atoms with E-state index in [0.29, 0.717) is 12.4 Å². The molecule has 0 aromatic carbocycles. The normalized spacial score (nSPS) is 10.7. The summed E-state index contributed by atoms with van der Waals surface area (Å²) < 4.78 is 32.3. The van der Waals surface area contributed by atoms with Gasteiger partial charge in [-0.2, -0.15) is 8.42 Å². The van der Waals surface area contributed by atoms with Crippen LogP contribution in [0, 0.1) is 0 Å². The lowest BCUT2D eigenvalue weighted by atomic mass is 10.5. The van der Waals surface area contributed by atoms with Crippen LogP contribution in [0.3, 0.4) is 0 Å². The second kappa shape index (κ2) is 6.57. The van der Waals surface area contributed by atoms with Crippen molar-refractivity contribution in [2.24, 2.45) is 0 Å². The van der Waals surface area contributed by atoms with Crippen LogP contribution in [0.5, 0.6) is 0 Å². The lowest BCUT2D eigenvalue weighted by Gasteiger charge is -2.00. The van der Waals surface area contributed by atoms with Gasteiger partial charge >= 0.3 is 0 Å². The highest BCUT2D eigenvalue weighted by molar-refractivity contribution is 7.84. The Bertz CT molecular complexity index is 151. The van der Waals surface area contributed by atoms with Crippen molar-refractivity contribution in [2.45, 2.75) is 26.9 Å². The third kappa shape index (κ3) is 74.2. The van der Waals surface area contributed by atoms with Gasteiger partial charge in [0.15, 0.2) is 0 Å². The maximum Gasteiger partial charge on any atom is 0.291 e. The van der Waals surface area contributed by atoms with Crippen molar-refractivity contribution in [3.05, 3.63) is 0 Å². The van der Waals surface area contributed by atoms with Gasteiger partial charge in [0.25, 0.3) is 10.1 Å². The molecule has 0 heterocycles. The SMILES string of the molecule is CCOC(C)C.CS([O])(=O)=O. The van der Waals surface area contributed by atoms with E-state index < -0.39 is 10.1 Å². The van der Waals surface area contributed by atoms with Gasteiger partial charge in [-0.3, -0.25) is 0 Å². The monoisotopic (exact) mass is 183 g/mol. The van der Waals surface area contributed by atoms with Crippen molar-refractivity contribution in [1.29, 1.82) is 0 Å². The van der Waals surface area contributed by atoms with Gasteiger partial charge in [-0.25, -0.2) is 0 Å². The zero-order valence-corrected chi connectivity index (χ0v) is 8.14. The van der Waals surface area contributed by atoms with Crippen molar-refractivity contribution >= 4 is 10.1 Å². The third-order valence-corrected chi connectivity index (χ3v) is 0.500. The molecule has 0 amide bonds. The van der Waals surface area contributed by atoms with E-state index in [1.165, 1.54) is 0 Å². The van der Waals surface area contributed by atoms with Crippen molar-refractivity contribution < 1.29 is 17.7 Å². The molecule has 0 fully saturated rings. The minimum Gasteiger partial charge on any atom is -0.379 e. The summed E-state index contributed by atoms with van der Waals surface area (Å²) in [4.78, 5) is 0. The first-order valence-corrected chi connectivity index (χ1v) is 5.11. The average Bonchev–Trinajstić information content (AvgIpc) is 1.58. The summed E-state index contributed by atoms with van der Waals surface area (Å²) in [6.07, 6.45) is 1.00. The highest BCUT2D eigenvalue weighted by Gasteiger charge is 1.86. The summed E-state index contributed by atoms with van der Waals surface area (Å²) in [6, 6.07) is 0. The number of ether oxygens (including phenoxy) is 1. The fraction of sp³-hybridized carbons (Fsp3) is 1.00. The van der Waals surface area contributed by atoms with Crippen LogP contribution in [0.1, 0.15) is 20.8 Å². The molecule has 0 saturated heterocycles. The summed E-state index contributed by atoms with van der Waals surface area (Å²) in [6.45, 7) is 6.89. The summed E-state index contributed by atoms with van der Waals surface area (Å²) >= 11 is 0. The molecule has 0 aromatic rings. The van der Waals surface area contributed by atoms with Gasteiger partial charge < -0.3 is 4.74 Å². The Hall–Kier alpha value is -0.130. The molecule has 0 aromatic heterocycles. The Labute approximate surface area is 68.3 Å². The molecule has 0 aliphatic heterocycles.